The smallest absolute Gasteiger partial charge is 0.322 e. The Morgan fingerprint density at radius 1 is 1.40 bits per heavy atom. The number of nitrogens with one attached hydrogen (secondary N) is 1. The van der Waals surface area contributed by atoms with Gasteiger partial charge in [-0.25, -0.2) is 12.8 Å². The van der Waals surface area contributed by atoms with Gasteiger partial charge in [-0.05, 0) is 18.1 Å². The second-order valence-corrected chi connectivity index (χ2v) is 6.19. The van der Waals surface area contributed by atoms with Crippen LogP contribution >= 0.6 is 0 Å². The highest BCUT2D eigenvalue weighted by molar-refractivity contribution is 7.89. The molecule has 0 saturated carbocycles. The summed E-state index contributed by atoms with van der Waals surface area (Å²) in [4.78, 5) is 10.8. The lowest BCUT2D eigenvalue weighted by molar-refractivity contribution is -0.140. The predicted octanol–water partition coefficient (Wildman–Crippen LogP) is 1.22. The maximum atomic E-state index is 13.2. The molecule has 0 saturated heterocycles. The van der Waals surface area contributed by atoms with Crippen LogP contribution in [0.25, 0.3) is 0 Å². The highest BCUT2D eigenvalue weighted by Crippen LogP contribution is 2.21. The number of carbonyl (C=O) groups is 1. The zero-order chi connectivity index (χ0) is 15.5. The van der Waals surface area contributed by atoms with Crippen LogP contribution in [0.2, 0.25) is 0 Å². The molecule has 20 heavy (non-hydrogen) atoms. The SMILES string of the molecule is COc1cc(S(=O)(=O)N[C@H](C(=O)O)C(C)C)ccc1F. The topological polar surface area (TPSA) is 92.7 Å². The first kappa shape index (κ1) is 16.4. The molecule has 1 rings (SSSR count). The van der Waals surface area contributed by atoms with Gasteiger partial charge in [0.1, 0.15) is 6.04 Å². The zero-order valence-electron chi connectivity index (χ0n) is 11.3. The molecule has 8 heteroatoms. The first-order chi connectivity index (χ1) is 9.19. The van der Waals surface area contributed by atoms with Crippen LogP contribution in [-0.4, -0.2) is 32.6 Å². The minimum absolute atomic E-state index is 0.232. The summed E-state index contributed by atoms with van der Waals surface area (Å²) in [5, 5.41) is 8.99. The summed E-state index contributed by atoms with van der Waals surface area (Å²) in [6.07, 6.45) is 0. The van der Waals surface area contributed by atoms with Crippen LogP contribution in [0.3, 0.4) is 0 Å². The van der Waals surface area contributed by atoms with Crippen molar-refractivity contribution < 1.29 is 27.4 Å². The van der Waals surface area contributed by atoms with E-state index in [0.29, 0.717) is 0 Å². The molecule has 0 heterocycles. The summed E-state index contributed by atoms with van der Waals surface area (Å²) in [6, 6.07) is 1.71. The fraction of sp³-hybridized carbons (Fsp3) is 0.417. The van der Waals surface area contributed by atoms with Gasteiger partial charge in [-0.15, -0.1) is 0 Å². The van der Waals surface area contributed by atoms with Crippen LogP contribution in [0.15, 0.2) is 23.1 Å². The van der Waals surface area contributed by atoms with Gasteiger partial charge < -0.3 is 9.84 Å². The highest BCUT2D eigenvalue weighted by atomic mass is 32.2. The fourth-order valence-electron chi connectivity index (χ4n) is 1.51. The molecule has 1 aromatic carbocycles. The molecule has 0 bridgehead atoms. The van der Waals surface area contributed by atoms with E-state index >= 15 is 0 Å². The number of sulfonamides is 1. The third-order valence-electron chi connectivity index (χ3n) is 2.65. The van der Waals surface area contributed by atoms with Crippen LogP contribution in [0.5, 0.6) is 5.75 Å². The lowest BCUT2D eigenvalue weighted by Crippen LogP contribution is -2.44. The summed E-state index contributed by atoms with van der Waals surface area (Å²) in [5.41, 5.74) is 0. The number of halogens is 1. The molecule has 0 aromatic heterocycles. The van der Waals surface area contributed by atoms with Gasteiger partial charge in [0.25, 0.3) is 0 Å². The second-order valence-electron chi connectivity index (χ2n) is 4.48. The Kier molecular flexibility index (Phi) is 5.07. The van der Waals surface area contributed by atoms with Gasteiger partial charge in [0.2, 0.25) is 10.0 Å². The number of benzene rings is 1. The van der Waals surface area contributed by atoms with Gasteiger partial charge in [0.05, 0.1) is 12.0 Å². The predicted molar refractivity (Wildman–Crippen MR) is 69.5 cm³/mol. The lowest BCUT2D eigenvalue weighted by atomic mass is 10.1. The van der Waals surface area contributed by atoms with Crippen molar-refractivity contribution in [1.29, 1.82) is 0 Å². The molecule has 6 nitrogen and oxygen atoms in total. The Bertz CT molecular complexity index is 600. The van der Waals surface area contributed by atoms with E-state index in [0.717, 1.165) is 18.2 Å². The number of hydrogen-bond acceptors (Lipinski definition) is 4. The van der Waals surface area contributed by atoms with E-state index in [1.54, 1.807) is 13.8 Å². The Morgan fingerprint density at radius 2 is 2.00 bits per heavy atom. The standard InChI is InChI=1S/C12H16FNO5S/c1-7(2)11(12(15)16)14-20(17,18)8-4-5-9(13)10(6-8)19-3/h4-7,11,14H,1-3H3,(H,15,16)/t11-/m0/s1. The third-order valence-corrected chi connectivity index (χ3v) is 4.09. The van der Waals surface area contributed by atoms with Gasteiger partial charge >= 0.3 is 5.97 Å². The molecule has 0 aliphatic heterocycles. The first-order valence-electron chi connectivity index (χ1n) is 5.77. The van der Waals surface area contributed by atoms with Crippen molar-refractivity contribution in [2.75, 3.05) is 7.11 Å². The van der Waals surface area contributed by atoms with E-state index in [4.69, 9.17) is 9.84 Å². The van der Waals surface area contributed by atoms with E-state index in [1.165, 1.54) is 7.11 Å². The molecule has 0 radical (unpaired) electrons. The maximum absolute atomic E-state index is 13.2. The minimum Gasteiger partial charge on any atom is -0.494 e. The van der Waals surface area contributed by atoms with Gasteiger partial charge in [-0.1, -0.05) is 13.8 Å². The molecule has 0 aliphatic rings. The number of methoxy groups -OCH3 is 1. The van der Waals surface area contributed by atoms with E-state index in [-0.39, 0.29) is 10.6 Å². The van der Waals surface area contributed by atoms with E-state index in [9.17, 15) is 17.6 Å². The Labute approximate surface area is 116 Å². The largest absolute Gasteiger partial charge is 0.494 e. The van der Waals surface area contributed by atoms with E-state index < -0.39 is 33.8 Å². The highest BCUT2D eigenvalue weighted by Gasteiger charge is 2.28. The van der Waals surface area contributed by atoms with E-state index in [2.05, 4.69) is 4.72 Å². The van der Waals surface area contributed by atoms with Crippen molar-refractivity contribution in [2.24, 2.45) is 5.92 Å². The fourth-order valence-corrected chi connectivity index (χ4v) is 2.87. The van der Waals surface area contributed by atoms with Gasteiger partial charge in [-0.2, -0.15) is 4.72 Å². The summed E-state index contributed by atoms with van der Waals surface area (Å²) < 4.78 is 44.2. The monoisotopic (exact) mass is 305 g/mol. The zero-order valence-corrected chi connectivity index (χ0v) is 12.1. The van der Waals surface area contributed by atoms with Crippen molar-refractivity contribution in [3.63, 3.8) is 0 Å². The molecule has 0 unspecified atom stereocenters. The molecular weight excluding hydrogens is 289 g/mol. The summed E-state index contributed by atoms with van der Waals surface area (Å²) in [5.74, 6) is -2.66. The van der Waals surface area contributed by atoms with Crippen molar-refractivity contribution in [2.45, 2.75) is 24.8 Å². The lowest BCUT2D eigenvalue weighted by Gasteiger charge is -2.18. The van der Waals surface area contributed by atoms with Crippen molar-refractivity contribution in [3.8, 4) is 5.75 Å². The number of ether oxygens (including phenoxy) is 1. The third kappa shape index (κ3) is 3.67. The number of rotatable bonds is 6. The van der Waals surface area contributed by atoms with Crippen molar-refractivity contribution in [3.05, 3.63) is 24.0 Å². The van der Waals surface area contributed by atoms with Crippen molar-refractivity contribution >= 4 is 16.0 Å². The van der Waals surface area contributed by atoms with Crippen LogP contribution in [0, 0.1) is 11.7 Å². The average molecular weight is 305 g/mol. The Morgan fingerprint density at radius 3 is 2.45 bits per heavy atom. The van der Waals surface area contributed by atoms with Crippen molar-refractivity contribution in [1.82, 2.24) is 4.72 Å². The molecule has 1 aromatic rings. The summed E-state index contributed by atoms with van der Waals surface area (Å²) in [7, 11) is -2.87. The average Bonchev–Trinajstić information content (AvgIpc) is 2.35. The molecular formula is C12H16FNO5S. The number of aliphatic carboxylic acids is 1. The summed E-state index contributed by atoms with van der Waals surface area (Å²) >= 11 is 0. The Balaban J connectivity index is 3.14. The molecule has 0 fully saturated rings. The van der Waals surface area contributed by atoms with Crippen LogP contribution in [0.4, 0.5) is 4.39 Å². The first-order valence-corrected chi connectivity index (χ1v) is 7.26. The maximum Gasteiger partial charge on any atom is 0.322 e. The van der Waals surface area contributed by atoms with Gasteiger partial charge in [0.15, 0.2) is 11.6 Å². The Hall–Kier alpha value is -1.67. The van der Waals surface area contributed by atoms with Gasteiger partial charge in [0, 0.05) is 6.07 Å². The minimum atomic E-state index is -4.08. The number of carboxylic acids is 1. The molecule has 0 aliphatic carbocycles. The second kappa shape index (κ2) is 6.19. The van der Waals surface area contributed by atoms with Crippen LogP contribution < -0.4 is 9.46 Å². The molecule has 0 spiro atoms. The summed E-state index contributed by atoms with van der Waals surface area (Å²) in [6.45, 7) is 3.15. The normalized spacial score (nSPS) is 13.2. The van der Waals surface area contributed by atoms with Crippen LogP contribution in [0.1, 0.15) is 13.8 Å². The van der Waals surface area contributed by atoms with Gasteiger partial charge in [-0.3, -0.25) is 4.79 Å². The number of carboxylic acid groups (broad SMARTS) is 1. The van der Waals surface area contributed by atoms with Crippen LogP contribution in [-0.2, 0) is 14.8 Å². The molecule has 2 N–H and O–H groups in total. The molecule has 112 valence electrons. The quantitative estimate of drug-likeness (QED) is 0.824. The number of hydrogen-bond donors (Lipinski definition) is 2. The molecule has 1 atom stereocenters. The van der Waals surface area contributed by atoms with E-state index in [1.807, 2.05) is 0 Å². The molecule has 0 amide bonds.